The summed E-state index contributed by atoms with van der Waals surface area (Å²) in [6, 6.07) is 0.231. The number of nitrogens with zero attached hydrogens (tertiary/aromatic N) is 1. The van der Waals surface area contributed by atoms with E-state index in [4.69, 9.17) is 10.2 Å². The van der Waals surface area contributed by atoms with Crippen LogP contribution < -0.4 is 0 Å². The molecule has 5 heteroatoms. The van der Waals surface area contributed by atoms with Crippen molar-refractivity contribution in [2.24, 2.45) is 11.8 Å². The van der Waals surface area contributed by atoms with Crippen molar-refractivity contribution < 1.29 is 19.8 Å². The summed E-state index contributed by atoms with van der Waals surface area (Å²) >= 11 is 0. The summed E-state index contributed by atoms with van der Waals surface area (Å²) in [7, 11) is 0. The highest BCUT2D eigenvalue weighted by Gasteiger charge is 2.50. The molecule has 0 heterocycles. The van der Waals surface area contributed by atoms with Crippen molar-refractivity contribution >= 4 is 11.9 Å². The molecule has 2 aliphatic carbocycles. The summed E-state index contributed by atoms with van der Waals surface area (Å²) in [6.07, 6.45) is 3.54. The Balaban J connectivity index is 1.93. The van der Waals surface area contributed by atoms with Crippen LogP contribution >= 0.6 is 0 Å². The first-order chi connectivity index (χ1) is 7.65. The van der Waals surface area contributed by atoms with E-state index in [1.807, 2.05) is 0 Å². The number of amides is 1. The zero-order valence-electron chi connectivity index (χ0n) is 9.13. The lowest BCUT2D eigenvalue weighted by Gasteiger charge is -2.37. The van der Waals surface area contributed by atoms with Crippen LogP contribution in [0.15, 0.2) is 0 Å². The molecule has 16 heavy (non-hydrogen) atoms. The third kappa shape index (κ3) is 2.04. The van der Waals surface area contributed by atoms with Crippen LogP contribution in [0.1, 0.15) is 25.7 Å². The molecule has 0 aromatic carbocycles. The second kappa shape index (κ2) is 4.41. The van der Waals surface area contributed by atoms with E-state index in [0.29, 0.717) is 13.0 Å². The second-order valence-corrected chi connectivity index (χ2v) is 4.63. The van der Waals surface area contributed by atoms with E-state index in [-0.39, 0.29) is 24.5 Å². The quantitative estimate of drug-likeness (QED) is 0.697. The normalized spacial score (nSPS) is 28.3. The number of hydrogen-bond donors (Lipinski definition) is 2. The maximum atomic E-state index is 12.0. The maximum Gasteiger partial charge on any atom is 0.307 e. The van der Waals surface area contributed by atoms with E-state index in [2.05, 4.69) is 0 Å². The van der Waals surface area contributed by atoms with Crippen LogP contribution in [0.3, 0.4) is 0 Å². The van der Waals surface area contributed by atoms with E-state index in [9.17, 15) is 9.59 Å². The van der Waals surface area contributed by atoms with Crippen molar-refractivity contribution in [1.82, 2.24) is 4.90 Å². The average molecular weight is 227 g/mol. The second-order valence-electron chi connectivity index (χ2n) is 4.63. The number of carbonyl (C=O) groups is 2. The Bertz CT molecular complexity index is 300. The molecule has 0 aromatic rings. The van der Waals surface area contributed by atoms with Crippen LogP contribution in [-0.4, -0.2) is 46.2 Å². The number of carboxylic acid groups (broad SMARTS) is 1. The molecular formula is C11H17NO4. The van der Waals surface area contributed by atoms with Crippen LogP contribution in [0.5, 0.6) is 0 Å². The van der Waals surface area contributed by atoms with Gasteiger partial charge in [-0.1, -0.05) is 0 Å². The molecule has 0 bridgehead atoms. The van der Waals surface area contributed by atoms with Crippen LogP contribution in [0.2, 0.25) is 0 Å². The Morgan fingerprint density at radius 2 is 1.94 bits per heavy atom. The van der Waals surface area contributed by atoms with Gasteiger partial charge in [0, 0.05) is 12.6 Å². The lowest BCUT2D eigenvalue weighted by Crippen LogP contribution is -2.46. The molecule has 2 aliphatic rings. The van der Waals surface area contributed by atoms with Gasteiger partial charge in [0.2, 0.25) is 5.91 Å². The van der Waals surface area contributed by atoms with E-state index in [0.717, 1.165) is 19.3 Å². The first-order valence-electron chi connectivity index (χ1n) is 5.79. The van der Waals surface area contributed by atoms with Gasteiger partial charge < -0.3 is 15.1 Å². The lowest BCUT2D eigenvalue weighted by atomic mass is 9.91. The van der Waals surface area contributed by atoms with Gasteiger partial charge in [0.05, 0.1) is 18.4 Å². The van der Waals surface area contributed by atoms with E-state index in [1.54, 1.807) is 4.90 Å². The SMILES string of the molecule is O=C(O)C1CC1C(=O)N(CCO)C1CCC1. The first-order valence-corrected chi connectivity index (χ1v) is 5.79. The lowest BCUT2D eigenvalue weighted by molar-refractivity contribution is -0.143. The van der Waals surface area contributed by atoms with E-state index < -0.39 is 11.9 Å². The number of aliphatic hydroxyl groups excluding tert-OH is 1. The predicted octanol–water partition coefficient (Wildman–Crippen LogP) is 0.0805. The number of aliphatic carboxylic acids is 1. The highest BCUT2D eigenvalue weighted by molar-refractivity contribution is 5.89. The number of hydrogen-bond acceptors (Lipinski definition) is 3. The van der Waals surface area contributed by atoms with Gasteiger partial charge in [-0.05, 0) is 25.7 Å². The molecule has 2 rings (SSSR count). The number of carbonyl (C=O) groups excluding carboxylic acids is 1. The summed E-state index contributed by atoms with van der Waals surface area (Å²) in [6.45, 7) is 0.291. The van der Waals surface area contributed by atoms with Gasteiger partial charge in [-0.25, -0.2) is 0 Å². The van der Waals surface area contributed by atoms with Crippen molar-refractivity contribution in [2.75, 3.05) is 13.2 Å². The van der Waals surface area contributed by atoms with Crippen LogP contribution in [0, 0.1) is 11.8 Å². The van der Waals surface area contributed by atoms with Gasteiger partial charge in [-0.2, -0.15) is 0 Å². The molecule has 2 unspecified atom stereocenters. The number of aliphatic hydroxyl groups is 1. The zero-order valence-corrected chi connectivity index (χ0v) is 9.13. The molecule has 0 spiro atoms. The van der Waals surface area contributed by atoms with Gasteiger partial charge in [0.15, 0.2) is 0 Å². The molecular weight excluding hydrogens is 210 g/mol. The molecule has 2 saturated carbocycles. The van der Waals surface area contributed by atoms with Crippen molar-refractivity contribution in [2.45, 2.75) is 31.7 Å². The largest absolute Gasteiger partial charge is 0.481 e. The monoisotopic (exact) mass is 227 g/mol. The fourth-order valence-corrected chi connectivity index (χ4v) is 2.23. The molecule has 90 valence electrons. The fourth-order valence-electron chi connectivity index (χ4n) is 2.23. The van der Waals surface area contributed by atoms with Crippen LogP contribution in [-0.2, 0) is 9.59 Å². The Labute approximate surface area is 94.0 Å². The van der Waals surface area contributed by atoms with E-state index >= 15 is 0 Å². The molecule has 0 radical (unpaired) electrons. The topological polar surface area (TPSA) is 77.8 Å². The summed E-state index contributed by atoms with van der Waals surface area (Å²) < 4.78 is 0. The average Bonchev–Trinajstić information content (AvgIpc) is 2.92. The minimum atomic E-state index is -0.879. The smallest absolute Gasteiger partial charge is 0.307 e. The third-order valence-electron chi connectivity index (χ3n) is 3.56. The van der Waals surface area contributed by atoms with Gasteiger partial charge in [0.25, 0.3) is 0 Å². The summed E-state index contributed by atoms with van der Waals surface area (Å²) in [4.78, 5) is 24.4. The van der Waals surface area contributed by atoms with Gasteiger partial charge in [-0.15, -0.1) is 0 Å². The Hall–Kier alpha value is -1.10. The summed E-state index contributed by atoms with van der Waals surface area (Å²) in [5, 5.41) is 17.7. The highest BCUT2D eigenvalue weighted by atomic mass is 16.4. The minimum absolute atomic E-state index is 0.0489. The molecule has 0 aromatic heterocycles. The number of rotatable bonds is 5. The Morgan fingerprint density at radius 3 is 2.31 bits per heavy atom. The molecule has 0 saturated heterocycles. The van der Waals surface area contributed by atoms with Crippen molar-refractivity contribution in [1.29, 1.82) is 0 Å². The molecule has 1 amide bonds. The fraction of sp³-hybridized carbons (Fsp3) is 0.818. The van der Waals surface area contributed by atoms with Crippen molar-refractivity contribution in [3.05, 3.63) is 0 Å². The van der Waals surface area contributed by atoms with Crippen molar-refractivity contribution in [3.63, 3.8) is 0 Å². The predicted molar refractivity (Wildman–Crippen MR) is 55.7 cm³/mol. The standard InChI is InChI=1S/C11H17NO4/c13-5-4-12(7-2-1-3-7)10(14)8-6-9(8)11(15)16/h7-9,13H,1-6H2,(H,15,16). The number of carboxylic acids is 1. The van der Waals surface area contributed by atoms with Crippen molar-refractivity contribution in [3.8, 4) is 0 Å². The molecule has 5 nitrogen and oxygen atoms in total. The van der Waals surface area contributed by atoms with Gasteiger partial charge in [-0.3, -0.25) is 9.59 Å². The highest BCUT2D eigenvalue weighted by Crippen LogP contribution is 2.41. The zero-order chi connectivity index (χ0) is 11.7. The first kappa shape index (κ1) is 11.4. The Kier molecular flexibility index (Phi) is 3.14. The van der Waals surface area contributed by atoms with Crippen LogP contribution in [0.4, 0.5) is 0 Å². The van der Waals surface area contributed by atoms with E-state index in [1.165, 1.54) is 0 Å². The third-order valence-corrected chi connectivity index (χ3v) is 3.56. The Morgan fingerprint density at radius 1 is 1.25 bits per heavy atom. The molecule has 2 N–H and O–H groups in total. The molecule has 0 aliphatic heterocycles. The van der Waals surface area contributed by atoms with Gasteiger partial charge in [0.1, 0.15) is 0 Å². The minimum Gasteiger partial charge on any atom is -0.481 e. The van der Waals surface area contributed by atoms with Crippen LogP contribution in [0.25, 0.3) is 0 Å². The van der Waals surface area contributed by atoms with Gasteiger partial charge >= 0.3 is 5.97 Å². The molecule has 2 atom stereocenters. The maximum absolute atomic E-state index is 12.0. The summed E-state index contributed by atoms with van der Waals surface area (Å²) in [5.74, 6) is -1.79. The summed E-state index contributed by atoms with van der Waals surface area (Å²) in [5.41, 5.74) is 0. The molecule has 2 fully saturated rings.